The molecule has 3 aromatic rings. The number of hydrogen-bond acceptors (Lipinski definition) is 5. The normalized spacial score (nSPS) is 17.7. The number of nitrogens with zero attached hydrogens (tertiary/aromatic N) is 1. The van der Waals surface area contributed by atoms with E-state index in [0.29, 0.717) is 28.8 Å². The van der Waals surface area contributed by atoms with Gasteiger partial charge in [-0.1, -0.05) is 62.6 Å². The summed E-state index contributed by atoms with van der Waals surface area (Å²) in [7, 11) is 0. The zero-order valence-electron chi connectivity index (χ0n) is 19.9. The lowest BCUT2D eigenvalue weighted by Gasteiger charge is -2.32. The molecule has 1 heterocycles. The summed E-state index contributed by atoms with van der Waals surface area (Å²) < 4.78 is 5.84. The standard InChI is InChI=1S/C27H30ClN3O3S/c1-17(2)18-11-13-19(14-12-18)34-15-25-29-24(16-35-25)27(33)31-23-10-6-5-9-22(23)30-26(32)20-7-3-4-8-21(20)28/h3-4,7-8,11-14,16-17,22-23H,5-6,9-10,15H2,1-2H3,(H,30,32)(H,31,33). The molecule has 2 amide bonds. The summed E-state index contributed by atoms with van der Waals surface area (Å²) in [5, 5.41) is 9.03. The molecule has 0 aliphatic heterocycles. The third kappa shape index (κ3) is 6.61. The van der Waals surface area contributed by atoms with Crippen LogP contribution in [0.25, 0.3) is 0 Å². The van der Waals surface area contributed by atoms with Gasteiger partial charge in [0.2, 0.25) is 0 Å². The molecule has 1 aliphatic carbocycles. The fourth-order valence-corrected chi connectivity index (χ4v) is 5.09. The lowest BCUT2D eigenvalue weighted by atomic mass is 9.90. The Bertz CT molecular complexity index is 1160. The second-order valence-corrected chi connectivity index (χ2v) is 10.4. The number of carbonyl (C=O) groups excluding carboxylic acids is 2. The molecule has 1 aromatic heterocycles. The zero-order valence-corrected chi connectivity index (χ0v) is 21.5. The summed E-state index contributed by atoms with van der Waals surface area (Å²) in [6.07, 6.45) is 3.59. The fourth-order valence-electron chi connectivity index (χ4n) is 4.19. The molecule has 2 N–H and O–H groups in total. The number of nitrogens with one attached hydrogen (secondary N) is 2. The van der Waals surface area contributed by atoms with Crippen molar-refractivity contribution >= 4 is 34.8 Å². The SMILES string of the molecule is CC(C)c1ccc(OCc2nc(C(=O)NC3CCCCC3NC(=O)c3ccccc3Cl)cs2)cc1. The van der Waals surface area contributed by atoms with E-state index < -0.39 is 0 Å². The van der Waals surface area contributed by atoms with E-state index in [9.17, 15) is 9.59 Å². The molecule has 6 nitrogen and oxygen atoms in total. The maximum atomic E-state index is 12.9. The van der Waals surface area contributed by atoms with Gasteiger partial charge in [-0.15, -0.1) is 11.3 Å². The molecule has 4 rings (SSSR count). The summed E-state index contributed by atoms with van der Waals surface area (Å²) in [5.74, 6) is 0.779. The average Bonchev–Trinajstić information content (AvgIpc) is 3.34. The Morgan fingerprint density at radius 2 is 1.69 bits per heavy atom. The van der Waals surface area contributed by atoms with Crippen molar-refractivity contribution in [3.05, 3.63) is 80.8 Å². The number of rotatable bonds is 8. The van der Waals surface area contributed by atoms with Gasteiger partial charge >= 0.3 is 0 Å². The molecule has 2 unspecified atom stereocenters. The number of hydrogen-bond donors (Lipinski definition) is 2. The van der Waals surface area contributed by atoms with Crippen LogP contribution < -0.4 is 15.4 Å². The van der Waals surface area contributed by atoms with Gasteiger partial charge in [0.1, 0.15) is 23.1 Å². The van der Waals surface area contributed by atoms with Crippen molar-refractivity contribution in [1.29, 1.82) is 0 Å². The number of amides is 2. The monoisotopic (exact) mass is 511 g/mol. The van der Waals surface area contributed by atoms with Gasteiger partial charge in [0.15, 0.2) is 0 Å². The van der Waals surface area contributed by atoms with Gasteiger partial charge in [-0.25, -0.2) is 4.98 Å². The van der Waals surface area contributed by atoms with Crippen molar-refractivity contribution in [2.24, 2.45) is 0 Å². The largest absolute Gasteiger partial charge is 0.486 e. The van der Waals surface area contributed by atoms with E-state index in [1.165, 1.54) is 16.9 Å². The Hall–Kier alpha value is -2.90. The van der Waals surface area contributed by atoms with Crippen LogP contribution in [-0.4, -0.2) is 28.9 Å². The van der Waals surface area contributed by atoms with Gasteiger partial charge in [0, 0.05) is 17.5 Å². The van der Waals surface area contributed by atoms with Gasteiger partial charge in [-0.05, 0) is 48.6 Å². The second kappa shape index (κ2) is 11.7. The van der Waals surface area contributed by atoms with Crippen molar-refractivity contribution in [3.63, 3.8) is 0 Å². The van der Waals surface area contributed by atoms with Crippen LogP contribution in [0.4, 0.5) is 0 Å². The highest BCUT2D eigenvalue weighted by Crippen LogP contribution is 2.23. The molecule has 0 saturated heterocycles. The van der Waals surface area contributed by atoms with Crippen LogP contribution in [0.15, 0.2) is 53.9 Å². The second-order valence-electron chi connectivity index (χ2n) is 9.06. The molecule has 1 saturated carbocycles. The van der Waals surface area contributed by atoms with E-state index in [1.807, 2.05) is 12.1 Å². The van der Waals surface area contributed by atoms with Gasteiger partial charge in [0.05, 0.1) is 10.6 Å². The van der Waals surface area contributed by atoms with Gasteiger partial charge in [-0.2, -0.15) is 0 Å². The number of ether oxygens (including phenoxy) is 1. The first-order valence-electron chi connectivity index (χ1n) is 11.9. The molecule has 35 heavy (non-hydrogen) atoms. The van der Waals surface area contributed by atoms with Gasteiger partial charge < -0.3 is 15.4 Å². The first kappa shape index (κ1) is 25.2. The zero-order chi connectivity index (χ0) is 24.8. The Morgan fingerprint density at radius 1 is 1.03 bits per heavy atom. The smallest absolute Gasteiger partial charge is 0.271 e. The summed E-state index contributed by atoms with van der Waals surface area (Å²) in [6.45, 7) is 4.61. The predicted octanol–water partition coefficient (Wildman–Crippen LogP) is 5.97. The molecule has 0 radical (unpaired) electrons. The predicted molar refractivity (Wildman–Crippen MR) is 139 cm³/mol. The van der Waals surface area contributed by atoms with Crippen LogP contribution in [0, 0.1) is 0 Å². The Kier molecular flexibility index (Phi) is 8.42. The number of carbonyl (C=O) groups is 2. The van der Waals surface area contributed by atoms with E-state index in [1.54, 1.807) is 29.6 Å². The minimum Gasteiger partial charge on any atom is -0.486 e. The van der Waals surface area contributed by atoms with Gasteiger partial charge in [0.25, 0.3) is 11.8 Å². The Morgan fingerprint density at radius 3 is 2.34 bits per heavy atom. The highest BCUT2D eigenvalue weighted by Gasteiger charge is 2.29. The van der Waals surface area contributed by atoms with E-state index >= 15 is 0 Å². The molecule has 1 fully saturated rings. The molecule has 2 atom stereocenters. The summed E-state index contributed by atoms with van der Waals surface area (Å²) >= 11 is 7.57. The highest BCUT2D eigenvalue weighted by molar-refractivity contribution is 7.09. The third-order valence-electron chi connectivity index (χ3n) is 6.21. The molecule has 184 valence electrons. The molecule has 0 spiro atoms. The summed E-state index contributed by atoms with van der Waals surface area (Å²) in [5.41, 5.74) is 2.06. The summed E-state index contributed by atoms with van der Waals surface area (Å²) in [6, 6.07) is 14.7. The van der Waals surface area contributed by atoms with Crippen molar-refractivity contribution in [2.45, 2.75) is 64.1 Å². The van der Waals surface area contributed by atoms with Crippen molar-refractivity contribution in [2.75, 3.05) is 0 Å². The Labute approximate surface area is 215 Å². The third-order valence-corrected chi connectivity index (χ3v) is 7.36. The van der Waals surface area contributed by atoms with Crippen LogP contribution in [0.1, 0.15) is 76.9 Å². The quantitative estimate of drug-likeness (QED) is 0.390. The topological polar surface area (TPSA) is 80.3 Å². The molecule has 1 aliphatic rings. The number of benzene rings is 2. The first-order chi connectivity index (χ1) is 16.9. The van der Waals surface area contributed by atoms with E-state index in [0.717, 1.165) is 36.4 Å². The number of halogens is 1. The number of aromatic nitrogens is 1. The maximum Gasteiger partial charge on any atom is 0.271 e. The highest BCUT2D eigenvalue weighted by atomic mass is 35.5. The molecule has 8 heteroatoms. The average molecular weight is 512 g/mol. The van der Waals surface area contributed by atoms with E-state index in [2.05, 4.69) is 41.6 Å². The lowest BCUT2D eigenvalue weighted by molar-refractivity contribution is 0.0860. The van der Waals surface area contributed by atoms with Crippen LogP contribution in [0.2, 0.25) is 5.02 Å². The van der Waals surface area contributed by atoms with Crippen molar-refractivity contribution < 1.29 is 14.3 Å². The molecule has 2 aromatic carbocycles. The van der Waals surface area contributed by atoms with E-state index in [4.69, 9.17) is 16.3 Å². The fraction of sp³-hybridized carbons (Fsp3) is 0.370. The van der Waals surface area contributed by atoms with E-state index in [-0.39, 0.29) is 23.9 Å². The van der Waals surface area contributed by atoms with Crippen molar-refractivity contribution in [1.82, 2.24) is 15.6 Å². The Balaban J connectivity index is 1.33. The van der Waals surface area contributed by atoms with Crippen LogP contribution >= 0.6 is 22.9 Å². The molecule has 0 bridgehead atoms. The van der Waals surface area contributed by atoms with Crippen LogP contribution in [0.3, 0.4) is 0 Å². The van der Waals surface area contributed by atoms with Crippen molar-refractivity contribution in [3.8, 4) is 5.75 Å². The first-order valence-corrected chi connectivity index (χ1v) is 13.2. The number of thiazole rings is 1. The van der Waals surface area contributed by atoms with Crippen LogP contribution in [-0.2, 0) is 6.61 Å². The minimum atomic E-state index is -0.238. The van der Waals surface area contributed by atoms with Crippen LogP contribution in [0.5, 0.6) is 5.75 Å². The molecular weight excluding hydrogens is 482 g/mol. The maximum absolute atomic E-state index is 12.9. The minimum absolute atomic E-state index is 0.160. The molecular formula is C27H30ClN3O3S. The lowest BCUT2D eigenvalue weighted by Crippen LogP contribution is -2.53. The summed E-state index contributed by atoms with van der Waals surface area (Å²) in [4.78, 5) is 30.1. The van der Waals surface area contributed by atoms with Gasteiger partial charge in [-0.3, -0.25) is 9.59 Å².